The fourth-order valence-corrected chi connectivity index (χ4v) is 1.64. The van der Waals surface area contributed by atoms with Gasteiger partial charge in [0.1, 0.15) is 0 Å². The van der Waals surface area contributed by atoms with E-state index >= 15 is 0 Å². The largest absolute Gasteiger partial charge is 0.479 e. The first-order chi connectivity index (χ1) is 7.68. The van der Waals surface area contributed by atoms with Crippen LogP contribution in [0.4, 0.5) is 0 Å². The number of carbonyl (C=O) groups is 1. The number of hydrogen-bond acceptors (Lipinski definition) is 2. The second-order valence-electron chi connectivity index (χ2n) is 3.29. The number of nitrogens with zero attached hydrogens (tertiary/aromatic N) is 2. The van der Waals surface area contributed by atoms with Crippen LogP contribution in [0.1, 0.15) is 11.6 Å². The molecule has 82 valence electrons. The summed E-state index contributed by atoms with van der Waals surface area (Å²) < 4.78 is 1.33. The first-order valence-electron chi connectivity index (χ1n) is 4.66. The van der Waals surface area contributed by atoms with E-state index in [0.29, 0.717) is 10.6 Å². The molecule has 0 radical (unpaired) electrons. The summed E-state index contributed by atoms with van der Waals surface area (Å²) in [6.07, 6.45) is 2.91. The van der Waals surface area contributed by atoms with Gasteiger partial charge in [0.25, 0.3) is 0 Å². The number of halogens is 1. The van der Waals surface area contributed by atoms with Gasteiger partial charge in [-0.15, -0.1) is 0 Å². The van der Waals surface area contributed by atoms with Gasteiger partial charge in [-0.2, -0.15) is 5.10 Å². The predicted octanol–water partition coefficient (Wildman–Crippen LogP) is 2.21. The summed E-state index contributed by atoms with van der Waals surface area (Å²) in [5.41, 5.74) is 0.662. The van der Waals surface area contributed by atoms with Crippen LogP contribution < -0.4 is 0 Å². The van der Waals surface area contributed by atoms with E-state index in [2.05, 4.69) is 5.10 Å². The van der Waals surface area contributed by atoms with Gasteiger partial charge in [-0.3, -0.25) is 4.68 Å². The molecule has 1 aromatic heterocycles. The van der Waals surface area contributed by atoms with Gasteiger partial charge in [-0.05, 0) is 5.56 Å². The third-order valence-electron chi connectivity index (χ3n) is 2.18. The molecule has 0 bridgehead atoms. The van der Waals surface area contributed by atoms with E-state index in [9.17, 15) is 9.90 Å². The topological polar surface area (TPSA) is 55.1 Å². The molecule has 0 amide bonds. The van der Waals surface area contributed by atoms with Gasteiger partial charge < -0.3 is 5.11 Å². The number of carboxylic acid groups (broad SMARTS) is 1. The molecule has 0 aliphatic heterocycles. The Labute approximate surface area is 97.1 Å². The van der Waals surface area contributed by atoms with E-state index in [-0.39, 0.29) is 0 Å². The Balaban J connectivity index is 2.43. The zero-order chi connectivity index (χ0) is 11.5. The normalized spacial score (nSPS) is 12.3. The molecule has 0 aliphatic carbocycles. The Morgan fingerprint density at radius 3 is 2.56 bits per heavy atom. The molecule has 1 heterocycles. The second-order valence-corrected chi connectivity index (χ2v) is 3.73. The number of rotatable bonds is 3. The zero-order valence-corrected chi connectivity index (χ0v) is 9.00. The van der Waals surface area contributed by atoms with Gasteiger partial charge in [0.2, 0.25) is 0 Å². The second kappa shape index (κ2) is 4.37. The van der Waals surface area contributed by atoms with Gasteiger partial charge in [0.15, 0.2) is 6.04 Å². The van der Waals surface area contributed by atoms with Crippen molar-refractivity contribution in [3.63, 3.8) is 0 Å². The first kappa shape index (κ1) is 10.7. The summed E-state index contributed by atoms with van der Waals surface area (Å²) in [5.74, 6) is -0.967. The lowest BCUT2D eigenvalue weighted by Gasteiger charge is -2.12. The van der Waals surface area contributed by atoms with Gasteiger partial charge in [0, 0.05) is 6.20 Å². The molecule has 1 unspecified atom stereocenters. The van der Waals surface area contributed by atoms with Gasteiger partial charge in [-0.25, -0.2) is 4.79 Å². The molecule has 1 aromatic carbocycles. The van der Waals surface area contributed by atoms with Crippen LogP contribution in [0.5, 0.6) is 0 Å². The van der Waals surface area contributed by atoms with E-state index in [4.69, 9.17) is 11.6 Å². The van der Waals surface area contributed by atoms with Crippen LogP contribution in [0, 0.1) is 0 Å². The van der Waals surface area contributed by atoms with Crippen molar-refractivity contribution in [2.24, 2.45) is 0 Å². The third-order valence-corrected chi connectivity index (χ3v) is 2.38. The minimum atomic E-state index is -0.967. The zero-order valence-electron chi connectivity index (χ0n) is 8.25. The molecule has 2 rings (SSSR count). The van der Waals surface area contributed by atoms with E-state index < -0.39 is 12.0 Å². The predicted molar refractivity (Wildman–Crippen MR) is 59.5 cm³/mol. The Bertz CT molecular complexity index is 496. The van der Waals surface area contributed by atoms with Crippen LogP contribution in [0.3, 0.4) is 0 Å². The maximum atomic E-state index is 11.2. The molecule has 0 fully saturated rings. The summed E-state index contributed by atoms with van der Waals surface area (Å²) in [5, 5.41) is 13.5. The molecule has 1 N–H and O–H groups in total. The SMILES string of the molecule is O=C(O)C(c1ccccc1)n1cc(Cl)cn1. The minimum absolute atomic E-state index is 0.419. The van der Waals surface area contributed by atoms with E-state index in [0.717, 1.165) is 0 Å². The van der Waals surface area contributed by atoms with Gasteiger partial charge >= 0.3 is 5.97 Å². The lowest BCUT2D eigenvalue weighted by molar-refractivity contribution is -0.139. The van der Waals surface area contributed by atoms with Crippen LogP contribution in [0.15, 0.2) is 42.7 Å². The third kappa shape index (κ3) is 2.06. The van der Waals surface area contributed by atoms with Crippen molar-refractivity contribution in [2.45, 2.75) is 6.04 Å². The van der Waals surface area contributed by atoms with Crippen molar-refractivity contribution in [3.8, 4) is 0 Å². The number of hydrogen-bond donors (Lipinski definition) is 1. The molecule has 1 atom stereocenters. The van der Waals surface area contributed by atoms with Crippen LogP contribution in [-0.2, 0) is 4.79 Å². The smallest absolute Gasteiger partial charge is 0.333 e. The standard InChI is InChI=1S/C11H9ClN2O2/c12-9-6-13-14(7-9)10(11(15)16)8-4-2-1-3-5-8/h1-7,10H,(H,15,16). The van der Waals surface area contributed by atoms with Crippen molar-refractivity contribution in [2.75, 3.05) is 0 Å². The highest BCUT2D eigenvalue weighted by Gasteiger charge is 2.22. The molecule has 0 saturated heterocycles. The van der Waals surface area contributed by atoms with Crippen molar-refractivity contribution in [3.05, 3.63) is 53.3 Å². The fourth-order valence-electron chi connectivity index (χ4n) is 1.50. The number of carboxylic acids is 1. The van der Waals surface area contributed by atoms with Gasteiger partial charge in [0.05, 0.1) is 11.2 Å². The quantitative estimate of drug-likeness (QED) is 0.889. The highest BCUT2D eigenvalue weighted by atomic mass is 35.5. The summed E-state index contributed by atoms with van der Waals surface area (Å²) in [4.78, 5) is 11.2. The van der Waals surface area contributed by atoms with Crippen LogP contribution in [-0.4, -0.2) is 20.9 Å². The summed E-state index contributed by atoms with van der Waals surface area (Å²) in [7, 11) is 0. The van der Waals surface area contributed by atoms with Crippen molar-refractivity contribution >= 4 is 17.6 Å². The van der Waals surface area contributed by atoms with Crippen molar-refractivity contribution in [1.82, 2.24) is 9.78 Å². The molecule has 0 saturated carbocycles. The van der Waals surface area contributed by atoms with Gasteiger partial charge in [-0.1, -0.05) is 41.9 Å². The molecular formula is C11H9ClN2O2. The minimum Gasteiger partial charge on any atom is -0.479 e. The highest BCUT2D eigenvalue weighted by Crippen LogP contribution is 2.19. The van der Waals surface area contributed by atoms with E-state index in [1.807, 2.05) is 6.07 Å². The first-order valence-corrected chi connectivity index (χ1v) is 5.03. The van der Waals surface area contributed by atoms with E-state index in [1.54, 1.807) is 24.3 Å². The van der Waals surface area contributed by atoms with Crippen LogP contribution >= 0.6 is 11.6 Å². The molecule has 2 aromatic rings. The van der Waals surface area contributed by atoms with Crippen molar-refractivity contribution in [1.29, 1.82) is 0 Å². The Morgan fingerprint density at radius 2 is 2.06 bits per heavy atom. The van der Waals surface area contributed by atoms with Crippen molar-refractivity contribution < 1.29 is 9.90 Å². The molecule has 0 aliphatic rings. The molecule has 0 spiro atoms. The monoisotopic (exact) mass is 236 g/mol. The number of aliphatic carboxylic acids is 1. The van der Waals surface area contributed by atoms with Crippen LogP contribution in [0.2, 0.25) is 5.02 Å². The fraction of sp³-hybridized carbons (Fsp3) is 0.0909. The maximum Gasteiger partial charge on any atom is 0.333 e. The summed E-state index contributed by atoms with van der Waals surface area (Å²) in [6.45, 7) is 0. The Morgan fingerprint density at radius 1 is 1.38 bits per heavy atom. The highest BCUT2D eigenvalue weighted by molar-refractivity contribution is 6.30. The maximum absolute atomic E-state index is 11.2. The molecule has 5 heteroatoms. The molecular weight excluding hydrogens is 228 g/mol. The number of aromatic nitrogens is 2. The lowest BCUT2D eigenvalue weighted by Crippen LogP contribution is -2.20. The van der Waals surface area contributed by atoms with Crippen LogP contribution in [0.25, 0.3) is 0 Å². The lowest BCUT2D eigenvalue weighted by atomic mass is 10.1. The number of benzene rings is 1. The average Bonchev–Trinajstić information content (AvgIpc) is 2.66. The average molecular weight is 237 g/mol. The summed E-state index contributed by atoms with van der Waals surface area (Å²) >= 11 is 5.72. The Hall–Kier alpha value is -1.81. The van der Waals surface area contributed by atoms with E-state index in [1.165, 1.54) is 17.1 Å². The molecule has 4 nitrogen and oxygen atoms in total. The Kier molecular flexibility index (Phi) is 2.92. The summed E-state index contributed by atoms with van der Waals surface area (Å²) in [6, 6.07) is 8.06. The molecule has 16 heavy (non-hydrogen) atoms.